The Hall–Kier alpha value is -0.610. The molecule has 3 aliphatic rings. The first-order valence-electron chi connectivity index (χ1n) is 9.38. The maximum absolute atomic E-state index is 12.3. The molecule has 0 spiro atoms. The molecule has 1 amide bonds. The average Bonchev–Trinajstić information content (AvgIpc) is 3.05. The number of ether oxygens (including phenoxy) is 1. The Kier molecular flexibility index (Phi) is 5.75. The van der Waals surface area contributed by atoms with Gasteiger partial charge in [-0.25, -0.2) is 0 Å². The van der Waals surface area contributed by atoms with Gasteiger partial charge in [0.1, 0.15) is 0 Å². The molecule has 2 saturated heterocycles. The fraction of sp³-hybridized carbons (Fsp3) is 0.944. The summed E-state index contributed by atoms with van der Waals surface area (Å²) < 4.78 is 5.49. The summed E-state index contributed by atoms with van der Waals surface area (Å²) in [5, 5.41) is 3.27. The molecule has 0 radical (unpaired) electrons. The van der Waals surface area contributed by atoms with Crippen LogP contribution in [0, 0.1) is 5.92 Å². The van der Waals surface area contributed by atoms with E-state index in [2.05, 4.69) is 10.2 Å². The number of carbonyl (C=O) groups is 1. The quantitative estimate of drug-likeness (QED) is 0.849. The van der Waals surface area contributed by atoms with E-state index >= 15 is 0 Å². The molecule has 4 heteroatoms. The van der Waals surface area contributed by atoms with Crippen molar-refractivity contribution in [1.29, 1.82) is 0 Å². The van der Waals surface area contributed by atoms with Crippen LogP contribution in [0.4, 0.5) is 0 Å². The lowest BCUT2D eigenvalue weighted by Gasteiger charge is -2.43. The number of amides is 1. The lowest BCUT2D eigenvalue weighted by molar-refractivity contribution is -0.123. The van der Waals surface area contributed by atoms with E-state index in [9.17, 15) is 4.79 Å². The molecule has 0 unspecified atom stereocenters. The molecule has 0 aromatic carbocycles. The predicted octanol–water partition coefficient (Wildman–Crippen LogP) is 2.72. The Morgan fingerprint density at radius 1 is 1.09 bits per heavy atom. The van der Waals surface area contributed by atoms with Gasteiger partial charge in [0.05, 0.1) is 0 Å². The highest BCUT2D eigenvalue weighted by Gasteiger charge is 2.40. The van der Waals surface area contributed by atoms with Gasteiger partial charge in [0.2, 0.25) is 5.91 Å². The van der Waals surface area contributed by atoms with E-state index in [0.29, 0.717) is 12.3 Å². The van der Waals surface area contributed by atoms with Gasteiger partial charge in [-0.05, 0) is 57.5 Å². The van der Waals surface area contributed by atoms with Crippen molar-refractivity contribution in [3.8, 4) is 0 Å². The number of hydrogen-bond donors (Lipinski definition) is 1. The molecule has 3 rings (SSSR count). The number of hydrogen-bond acceptors (Lipinski definition) is 3. The van der Waals surface area contributed by atoms with Crippen molar-refractivity contribution in [3.63, 3.8) is 0 Å². The molecule has 0 bridgehead atoms. The molecule has 3 fully saturated rings. The van der Waals surface area contributed by atoms with Gasteiger partial charge in [0.15, 0.2) is 0 Å². The van der Waals surface area contributed by atoms with Crippen LogP contribution in [0.2, 0.25) is 0 Å². The summed E-state index contributed by atoms with van der Waals surface area (Å²) in [6, 6.07) is 0. The van der Waals surface area contributed by atoms with Gasteiger partial charge < -0.3 is 10.1 Å². The summed E-state index contributed by atoms with van der Waals surface area (Å²) in [5.41, 5.74) is 0.263. The molecular weight excluding hydrogens is 276 g/mol. The normalized spacial score (nSPS) is 29.4. The van der Waals surface area contributed by atoms with Crippen molar-refractivity contribution in [1.82, 2.24) is 10.2 Å². The third kappa shape index (κ3) is 4.02. The molecular formula is C18H32N2O2. The maximum Gasteiger partial charge on any atom is 0.220 e. The Morgan fingerprint density at radius 3 is 2.55 bits per heavy atom. The van der Waals surface area contributed by atoms with Crippen molar-refractivity contribution in [2.75, 3.05) is 32.8 Å². The predicted molar refractivity (Wildman–Crippen MR) is 87.8 cm³/mol. The molecule has 1 aliphatic carbocycles. The number of nitrogens with zero attached hydrogens (tertiary/aromatic N) is 1. The summed E-state index contributed by atoms with van der Waals surface area (Å²) in [4.78, 5) is 15.0. The maximum atomic E-state index is 12.3. The monoisotopic (exact) mass is 308 g/mol. The molecule has 22 heavy (non-hydrogen) atoms. The highest BCUT2D eigenvalue weighted by molar-refractivity contribution is 5.76. The molecule has 2 aliphatic heterocycles. The Bertz CT molecular complexity index is 354. The summed E-state index contributed by atoms with van der Waals surface area (Å²) in [7, 11) is 0. The van der Waals surface area contributed by atoms with Gasteiger partial charge in [-0.1, -0.05) is 19.3 Å². The van der Waals surface area contributed by atoms with E-state index in [1.54, 1.807) is 0 Å². The molecule has 1 atom stereocenters. The lowest BCUT2D eigenvalue weighted by Crippen LogP contribution is -2.55. The lowest BCUT2D eigenvalue weighted by atomic mass is 9.91. The second-order valence-electron chi connectivity index (χ2n) is 7.54. The summed E-state index contributed by atoms with van der Waals surface area (Å²) in [6.45, 7) is 4.96. The van der Waals surface area contributed by atoms with E-state index in [0.717, 1.165) is 32.6 Å². The topological polar surface area (TPSA) is 41.6 Å². The summed E-state index contributed by atoms with van der Waals surface area (Å²) in [5.74, 6) is 0.669. The zero-order chi connectivity index (χ0) is 15.3. The van der Waals surface area contributed by atoms with E-state index < -0.39 is 0 Å². The number of carbonyl (C=O) groups excluding carboxylic acids is 1. The van der Waals surface area contributed by atoms with Crippen molar-refractivity contribution in [2.45, 2.75) is 69.7 Å². The van der Waals surface area contributed by atoms with E-state index in [1.807, 2.05) is 0 Å². The van der Waals surface area contributed by atoms with Gasteiger partial charge in [-0.2, -0.15) is 0 Å². The zero-order valence-corrected chi connectivity index (χ0v) is 13.9. The number of rotatable bonds is 5. The Balaban J connectivity index is 1.49. The minimum absolute atomic E-state index is 0.235. The van der Waals surface area contributed by atoms with E-state index in [1.165, 1.54) is 58.0 Å². The molecule has 2 heterocycles. The minimum atomic E-state index is 0.235. The molecule has 1 N–H and O–H groups in total. The zero-order valence-electron chi connectivity index (χ0n) is 13.9. The van der Waals surface area contributed by atoms with Gasteiger partial charge in [0.25, 0.3) is 0 Å². The first kappa shape index (κ1) is 16.3. The average molecular weight is 308 g/mol. The number of nitrogens with one attached hydrogen (secondary N) is 1. The second kappa shape index (κ2) is 7.78. The minimum Gasteiger partial charge on any atom is -0.381 e. The van der Waals surface area contributed by atoms with Crippen LogP contribution in [-0.2, 0) is 9.53 Å². The molecule has 0 aromatic rings. The van der Waals surface area contributed by atoms with Gasteiger partial charge in [0, 0.05) is 31.7 Å². The number of piperidine rings is 1. The van der Waals surface area contributed by atoms with Gasteiger partial charge in [-0.15, -0.1) is 0 Å². The first-order chi connectivity index (χ1) is 10.8. The highest BCUT2D eigenvalue weighted by Crippen LogP contribution is 2.36. The van der Waals surface area contributed by atoms with Crippen LogP contribution in [0.5, 0.6) is 0 Å². The van der Waals surface area contributed by atoms with E-state index in [-0.39, 0.29) is 11.4 Å². The van der Waals surface area contributed by atoms with Crippen molar-refractivity contribution in [3.05, 3.63) is 0 Å². The first-order valence-corrected chi connectivity index (χ1v) is 9.38. The Morgan fingerprint density at radius 2 is 1.86 bits per heavy atom. The van der Waals surface area contributed by atoms with Crippen LogP contribution in [-0.4, -0.2) is 49.2 Å². The van der Waals surface area contributed by atoms with Crippen molar-refractivity contribution >= 4 is 5.91 Å². The molecule has 126 valence electrons. The van der Waals surface area contributed by atoms with Crippen LogP contribution < -0.4 is 5.32 Å². The largest absolute Gasteiger partial charge is 0.381 e. The Labute approximate surface area is 135 Å². The summed E-state index contributed by atoms with van der Waals surface area (Å²) in [6.07, 6.45) is 12.1. The van der Waals surface area contributed by atoms with Gasteiger partial charge in [-0.3, -0.25) is 9.69 Å². The SMILES string of the molecule is O=C(C[C@@H]1CCCOC1)NCC1(N2CCCCC2)CCCC1. The molecule has 4 nitrogen and oxygen atoms in total. The summed E-state index contributed by atoms with van der Waals surface area (Å²) >= 11 is 0. The van der Waals surface area contributed by atoms with Crippen LogP contribution in [0.25, 0.3) is 0 Å². The van der Waals surface area contributed by atoms with Crippen molar-refractivity contribution < 1.29 is 9.53 Å². The van der Waals surface area contributed by atoms with Crippen LogP contribution >= 0.6 is 0 Å². The smallest absolute Gasteiger partial charge is 0.220 e. The van der Waals surface area contributed by atoms with E-state index in [4.69, 9.17) is 4.74 Å². The molecule has 1 saturated carbocycles. The number of likely N-dealkylation sites (tertiary alicyclic amines) is 1. The second-order valence-corrected chi connectivity index (χ2v) is 7.54. The third-order valence-corrected chi connectivity index (χ3v) is 5.90. The van der Waals surface area contributed by atoms with Crippen LogP contribution in [0.15, 0.2) is 0 Å². The van der Waals surface area contributed by atoms with Crippen LogP contribution in [0.3, 0.4) is 0 Å². The van der Waals surface area contributed by atoms with Gasteiger partial charge >= 0.3 is 0 Å². The van der Waals surface area contributed by atoms with Crippen molar-refractivity contribution in [2.24, 2.45) is 5.92 Å². The fourth-order valence-electron chi connectivity index (χ4n) is 4.57. The standard InChI is InChI=1S/C18H32N2O2/c21-17(13-16-7-6-12-22-14-16)19-15-18(8-2-3-9-18)20-10-4-1-5-11-20/h16H,1-15H2,(H,19,21)/t16-/m0/s1. The fourth-order valence-corrected chi connectivity index (χ4v) is 4.57. The third-order valence-electron chi connectivity index (χ3n) is 5.90. The van der Waals surface area contributed by atoms with Crippen LogP contribution in [0.1, 0.15) is 64.2 Å². The molecule has 0 aromatic heterocycles. The highest BCUT2D eigenvalue weighted by atomic mass is 16.5.